The van der Waals surface area contributed by atoms with Gasteiger partial charge in [-0.15, -0.1) is 0 Å². The zero-order valence-corrected chi connectivity index (χ0v) is 10.9. The van der Waals surface area contributed by atoms with Crippen molar-refractivity contribution >= 4 is 16.5 Å². The molecular weight excluding hydrogens is 220 g/mol. The van der Waals surface area contributed by atoms with Gasteiger partial charge in [0.05, 0.1) is 17.2 Å². The first-order valence-corrected chi connectivity index (χ1v) is 6.88. The number of aliphatic hydroxyl groups is 1. The average Bonchev–Trinajstić information content (AvgIpc) is 2.71. The molecule has 0 spiro atoms. The Morgan fingerprint density at radius 1 is 1.44 bits per heavy atom. The number of rotatable bonds is 3. The van der Waals surface area contributed by atoms with Gasteiger partial charge in [-0.05, 0) is 25.7 Å². The number of anilines is 1. The summed E-state index contributed by atoms with van der Waals surface area (Å²) in [6.07, 6.45) is 3.86. The summed E-state index contributed by atoms with van der Waals surface area (Å²) in [5, 5.41) is 10.3. The Labute approximate surface area is 101 Å². The number of thiazole rings is 1. The molecule has 2 rings (SSSR count). The monoisotopic (exact) mass is 240 g/mol. The second-order valence-electron chi connectivity index (χ2n) is 4.50. The van der Waals surface area contributed by atoms with Crippen molar-refractivity contribution in [3.8, 4) is 0 Å². The normalized spacial score (nSPS) is 18.1. The van der Waals surface area contributed by atoms with Crippen LogP contribution in [0.3, 0.4) is 0 Å². The average molecular weight is 240 g/mol. The molecule has 16 heavy (non-hydrogen) atoms. The van der Waals surface area contributed by atoms with Crippen molar-refractivity contribution in [3.05, 3.63) is 10.6 Å². The van der Waals surface area contributed by atoms with Gasteiger partial charge in [0, 0.05) is 13.1 Å². The van der Waals surface area contributed by atoms with E-state index in [0.717, 1.165) is 34.7 Å². The zero-order valence-electron chi connectivity index (χ0n) is 10.1. The summed E-state index contributed by atoms with van der Waals surface area (Å²) >= 11 is 1.64. The smallest absolute Gasteiger partial charge is 0.185 e. The lowest BCUT2D eigenvalue weighted by Gasteiger charge is -2.31. The molecule has 1 saturated heterocycles. The van der Waals surface area contributed by atoms with Crippen molar-refractivity contribution in [1.82, 2.24) is 4.98 Å². The van der Waals surface area contributed by atoms with Crippen molar-refractivity contribution < 1.29 is 5.11 Å². The van der Waals surface area contributed by atoms with Gasteiger partial charge < -0.3 is 10.0 Å². The lowest BCUT2D eigenvalue weighted by molar-refractivity contribution is 0.284. The first kappa shape index (κ1) is 11.9. The van der Waals surface area contributed by atoms with Crippen LogP contribution in [0.15, 0.2) is 0 Å². The quantitative estimate of drug-likeness (QED) is 0.882. The van der Waals surface area contributed by atoms with Crippen LogP contribution in [0, 0.1) is 12.8 Å². The van der Waals surface area contributed by atoms with E-state index in [2.05, 4.69) is 16.8 Å². The Morgan fingerprint density at radius 2 is 2.12 bits per heavy atom. The minimum Gasteiger partial charge on any atom is -0.391 e. The van der Waals surface area contributed by atoms with Gasteiger partial charge in [0.25, 0.3) is 0 Å². The second-order valence-corrected chi connectivity index (χ2v) is 5.56. The second kappa shape index (κ2) is 5.15. The van der Waals surface area contributed by atoms with Gasteiger partial charge in [0.15, 0.2) is 5.13 Å². The SMILES string of the molecule is CCC1CCN(c2nc(C)c(CO)s2)CC1. The fraction of sp³-hybridized carbons (Fsp3) is 0.750. The molecule has 0 unspecified atom stereocenters. The summed E-state index contributed by atoms with van der Waals surface area (Å²) in [5.41, 5.74) is 0.986. The van der Waals surface area contributed by atoms with Crippen molar-refractivity contribution in [2.75, 3.05) is 18.0 Å². The van der Waals surface area contributed by atoms with Crippen LogP contribution in [0.1, 0.15) is 36.8 Å². The standard InChI is InChI=1S/C12H20N2OS/c1-3-10-4-6-14(7-5-10)12-13-9(2)11(8-15)16-12/h10,15H,3-8H2,1-2H3. The van der Waals surface area contributed by atoms with Crippen molar-refractivity contribution in [2.45, 2.75) is 39.7 Å². The van der Waals surface area contributed by atoms with E-state index >= 15 is 0 Å². The Balaban J connectivity index is 2.02. The Kier molecular flexibility index (Phi) is 3.82. The van der Waals surface area contributed by atoms with Crippen molar-refractivity contribution in [1.29, 1.82) is 0 Å². The molecule has 1 aliphatic heterocycles. The van der Waals surface area contributed by atoms with Crippen LogP contribution in [0.25, 0.3) is 0 Å². The molecule has 4 heteroatoms. The number of hydrogen-bond donors (Lipinski definition) is 1. The first-order chi connectivity index (χ1) is 7.74. The van der Waals surface area contributed by atoms with E-state index < -0.39 is 0 Å². The maximum absolute atomic E-state index is 9.16. The first-order valence-electron chi connectivity index (χ1n) is 6.06. The number of aromatic nitrogens is 1. The van der Waals surface area contributed by atoms with E-state index in [-0.39, 0.29) is 6.61 Å². The number of nitrogens with zero attached hydrogens (tertiary/aromatic N) is 2. The molecule has 1 aromatic rings. The van der Waals surface area contributed by atoms with Crippen LogP contribution < -0.4 is 4.90 Å². The van der Waals surface area contributed by atoms with E-state index in [1.54, 1.807) is 11.3 Å². The lowest BCUT2D eigenvalue weighted by Crippen LogP contribution is -2.33. The molecule has 1 fully saturated rings. The molecule has 2 heterocycles. The molecule has 0 bridgehead atoms. The van der Waals surface area contributed by atoms with Crippen molar-refractivity contribution in [3.63, 3.8) is 0 Å². The highest BCUT2D eigenvalue weighted by Gasteiger charge is 2.20. The fourth-order valence-corrected chi connectivity index (χ4v) is 3.20. The molecular formula is C12H20N2OS. The fourth-order valence-electron chi connectivity index (χ4n) is 2.23. The summed E-state index contributed by atoms with van der Waals surface area (Å²) in [7, 11) is 0. The minimum atomic E-state index is 0.120. The molecule has 0 atom stereocenters. The highest BCUT2D eigenvalue weighted by atomic mass is 32.1. The van der Waals surface area contributed by atoms with E-state index in [1.807, 2.05) is 6.92 Å². The highest BCUT2D eigenvalue weighted by Crippen LogP contribution is 2.30. The van der Waals surface area contributed by atoms with Gasteiger partial charge in [-0.1, -0.05) is 24.7 Å². The molecule has 1 aliphatic rings. The van der Waals surface area contributed by atoms with Gasteiger partial charge >= 0.3 is 0 Å². The minimum absolute atomic E-state index is 0.120. The molecule has 0 aromatic carbocycles. The lowest BCUT2D eigenvalue weighted by atomic mass is 9.95. The number of hydrogen-bond acceptors (Lipinski definition) is 4. The van der Waals surface area contributed by atoms with Crippen molar-refractivity contribution in [2.24, 2.45) is 5.92 Å². The highest BCUT2D eigenvalue weighted by molar-refractivity contribution is 7.15. The third kappa shape index (κ3) is 2.38. The summed E-state index contributed by atoms with van der Waals surface area (Å²) < 4.78 is 0. The van der Waals surface area contributed by atoms with Gasteiger partial charge in [-0.25, -0.2) is 4.98 Å². The molecule has 1 N–H and O–H groups in total. The molecule has 0 saturated carbocycles. The third-order valence-electron chi connectivity index (χ3n) is 3.49. The van der Waals surface area contributed by atoms with Crippen LogP contribution in [-0.4, -0.2) is 23.2 Å². The summed E-state index contributed by atoms with van der Waals surface area (Å²) in [6, 6.07) is 0. The Bertz CT molecular complexity index is 343. The Morgan fingerprint density at radius 3 is 2.62 bits per heavy atom. The van der Waals surface area contributed by atoms with Crippen LogP contribution in [-0.2, 0) is 6.61 Å². The van der Waals surface area contributed by atoms with E-state index in [0.29, 0.717) is 0 Å². The van der Waals surface area contributed by atoms with Gasteiger partial charge in [0.2, 0.25) is 0 Å². The van der Waals surface area contributed by atoms with E-state index in [9.17, 15) is 0 Å². The van der Waals surface area contributed by atoms with Gasteiger partial charge in [-0.2, -0.15) is 0 Å². The van der Waals surface area contributed by atoms with E-state index in [4.69, 9.17) is 5.11 Å². The van der Waals surface area contributed by atoms with Gasteiger partial charge in [0.1, 0.15) is 0 Å². The van der Waals surface area contributed by atoms with Gasteiger partial charge in [-0.3, -0.25) is 0 Å². The van der Waals surface area contributed by atoms with E-state index in [1.165, 1.54) is 19.3 Å². The molecule has 0 radical (unpaired) electrons. The maximum atomic E-state index is 9.16. The largest absolute Gasteiger partial charge is 0.391 e. The van der Waals surface area contributed by atoms with Crippen LogP contribution in [0.2, 0.25) is 0 Å². The number of aliphatic hydroxyl groups excluding tert-OH is 1. The number of piperidine rings is 1. The van der Waals surface area contributed by atoms with Crippen LogP contribution >= 0.6 is 11.3 Å². The molecule has 0 aliphatic carbocycles. The third-order valence-corrected chi connectivity index (χ3v) is 4.69. The molecule has 0 amide bonds. The molecule has 90 valence electrons. The zero-order chi connectivity index (χ0) is 11.5. The van der Waals surface area contributed by atoms with Crippen LogP contribution in [0.4, 0.5) is 5.13 Å². The predicted molar refractivity (Wildman–Crippen MR) is 68.0 cm³/mol. The molecule has 1 aromatic heterocycles. The topological polar surface area (TPSA) is 36.4 Å². The predicted octanol–water partition coefficient (Wildman–Crippen LogP) is 2.57. The summed E-state index contributed by atoms with van der Waals surface area (Å²) in [5.74, 6) is 0.898. The van der Waals surface area contributed by atoms with Crippen LogP contribution in [0.5, 0.6) is 0 Å². The maximum Gasteiger partial charge on any atom is 0.185 e. The Hall–Kier alpha value is -0.610. The summed E-state index contributed by atoms with van der Waals surface area (Å²) in [4.78, 5) is 7.91. The molecule has 3 nitrogen and oxygen atoms in total. The number of aryl methyl sites for hydroxylation is 1. The summed E-state index contributed by atoms with van der Waals surface area (Å²) in [6.45, 7) is 6.61.